The summed E-state index contributed by atoms with van der Waals surface area (Å²) in [7, 11) is -1.69. The van der Waals surface area contributed by atoms with Crippen molar-refractivity contribution >= 4 is 10.0 Å². The molecule has 0 saturated heterocycles. The summed E-state index contributed by atoms with van der Waals surface area (Å²) in [6.45, 7) is 3.89. The summed E-state index contributed by atoms with van der Waals surface area (Å²) in [5, 5.41) is 7.20. The van der Waals surface area contributed by atoms with Gasteiger partial charge in [0.2, 0.25) is 10.0 Å². The van der Waals surface area contributed by atoms with Crippen LogP contribution in [0.2, 0.25) is 0 Å². The molecule has 1 aromatic heterocycles. The van der Waals surface area contributed by atoms with Crippen molar-refractivity contribution in [3.63, 3.8) is 0 Å². The molecule has 6 nitrogen and oxygen atoms in total. The molecule has 1 heterocycles. The molecule has 7 heteroatoms. The Labute approximate surface area is 96.1 Å². The monoisotopic (exact) mass is 246 g/mol. The van der Waals surface area contributed by atoms with Crippen molar-refractivity contribution in [2.75, 3.05) is 19.3 Å². The average molecular weight is 246 g/mol. The van der Waals surface area contributed by atoms with Gasteiger partial charge in [0.15, 0.2) is 0 Å². The Morgan fingerprint density at radius 1 is 1.50 bits per heavy atom. The molecule has 0 saturated carbocycles. The highest BCUT2D eigenvalue weighted by Crippen LogP contribution is 1.97. The molecule has 0 bridgehead atoms. The summed E-state index contributed by atoms with van der Waals surface area (Å²) in [5.74, 6) is 0.0871. The SMILES string of the molecule is CCn1nccc1CNCCS(=O)(=O)NC. The van der Waals surface area contributed by atoms with E-state index in [1.54, 1.807) is 6.20 Å². The number of hydrogen-bond donors (Lipinski definition) is 2. The quantitative estimate of drug-likeness (QED) is 0.638. The Kier molecular flexibility index (Phi) is 4.91. The zero-order valence-corrected chi connectivity index (χ0v) is 10.4. The number of aromatic nitrogens is 2. The van der Waals surface area contributed by atoms with Crippen LogP contribution in [0.25, 0.3) is 0 Å². The van der Waals surface area contributed by atoms with Crippen LogP contribution in [0.5, 0.6) is 0 Å². The summed E-state index contributed by atoms with van der Waals surface area (Å²) in [6.07, 6.45) is 1.74. The summed E-state index contributed by atoms with van der Waals surface area (Å²) in [4.78, 5) is 0. The predicted molar refractivity (Wildman–Crippen MR) is 62.5 cm³/mol. The van der Waals surface area contributed by atoms with Gasteiger partial charge >= 0.3 is 0 Å². The van der Waals surface area contributed by atoms with Gasteiger partial charge in [-0.05, 0) is 20.0 Å². The lowest BCUT2D eigenvalue weighted by Crippen LogP contribution is -2.29. The molecule has 1 rings (SSSR count). The van der Waals surface area contributed by atoms with E-state index in [-0.39, 0.29) is 5.75 Å². The Morgan fingerprint density at radius 3 is 2.88 bits per heavy atom. The molecule has 0 aliphatic carbocycles. The van der Waals surface area contributed by atoms with Crippen LogP contribution in [0, 0.1) is 0 Å². The Bertz CT molecular complexity index is 413. The third kappa shape index (κ3) is 3.92. The van der Waals surface area contributed by atoms with Gasteiger partial charge in [0, 0.05) is 25.8 Å². The van der Waals surface area contributed by atoms with Gasteiger partial charge in [-0.1, -0.05) is 0 Å². The first-order valence-electron chi connectivity index (χ1n) is 5.21. The van der Waals surface area contributed by atoms with Crippen LogP contribution in [0.1, 0.15) is 12.6 Å². The fourth-order valence-corrected chi connectivity index (χ4v) is 1.94. The minimum Gasteiger partial charge on any atom is -0.310 e. The molecule has 92 valence electrons. The van der Waals surface area contributed by atoms with Gasteiger partial charge in [-0.3, -0.25) is 4.68 Å². The molecule has 0 amide bonds. The first kappa shape index (κ1) is 13.1. The lowest BCUT2D eigenvalue weighted by Gasteiger charge is -2.06. The van der Waals surface area contributed by atoms with E-state index in [0.29, 0.717) is 13.1 Å². The number of hydrogen-bond acceptors (Lipinski definition) is 4. The first-order valence-corrected chi connectivity index (χ1v) is 6.87. The van der Waals surface area contributed by atoms with Crippen molar-refractivity contribution in [3.05, 3.63) is 18.0 Å². The van der Waals surface area contributed by atoms with Gasteiger partial charge in [-0.15, -0.1) is 0 Å². The van der Waals surface area contributed by atoms with Crippen LogP contribution in [0.3, 0.4) is 0 Å². The molecule has 0 aliphatic heterocycles. The van der Waals surface area contributed by atoms with Gasteiger partial charge in [0.25, 0.3) is 0 Å². The number of rotatable bonds is 7. The standard InChI is InChI=1S/C9H18N4O2S/c1-3-13-9(4-5-12-13)8-11-6-7-16(14,15)10-2/h4-5,10-11H,3,6-8H2,1-2H3. The highest BCUT2D eigenvalue weighted by Gasteiger charge is 2.06. The van der Waals surface area contributed by atoms with Crippen LogP contribution in [-0.2, 0) is 23.1 Å². The van der Waals surface area contributed by atoms with E-state index >= 15 is 0 Å². The molecule has 2 N–H and O–H groups in total. The fourth-order valence-electron chi connectivity index (χ4n) is 1.32. The van der Waals surface area contributed by atoms with E-state index in [2.05, 4.69) is 15.1 Å². The van der Waals surface area contributed by atoms with Gasteiger partial charge in [-0.2, -0.15) is 5.10 Å². The maximum Gasteiger partial charge on any atom is 0.212 e. The average Bonchev–Trinajstić information content (AvgIpc) is 2.72. The Hall–Kier alpha value is -0.920. The van der Waals surface area contributed by atoms with Crippen LogP contribution in [-0.4, -0.2) is 37.5 Å². The van der Waals surface area contributed by atoms with Gasteiger partial charge in [-0.25, -0.2) is 13.1 Å². The number of sulfonamides is 1. The zero-order valence-electron chi connectivity index (χ0n) is 9.60. The molecule has 0 aromatic carbocycles. The second-order valence-electron chi connectivity index (χ2n) is 3.34. The molecule has 0 unspecified atom stereocenters. The van der Waals surface area contributed by atoms with E-state index in [1.807, 2.05) is 17.7 Å². The third-order valence-corrected chi connectivity index (χ3v) is 3.63. The van der Waals surface area contributed by atoms with E-state index < -0.39 is 10.0 Å². The maximum atomic E-state index is 11.1. The van der Waals surface area contributed by atoms with Gasteiger partial charge in [0.05, 0.1) is 11.4 Å². The van der Waals surface area contributed by atoms with Crippen LogP contribution in [0.4, 0.5) is 0 Å². The molecule has 0 radical (unpaired) electrons. The van der Waals surface area contributed by atoms with Crippen molar-refractivity contribution < 1.29 is 8.42 Å². The van der Waals surface area contributed by atoms with Crippen molar-refractivity contribution in [3.8, 4) is 0 Å². The maximum absolute atomic E-state index is 11.1. The zero-order chi connectivity index (χ0) is 12.0. The number of nitrogens with one attached hydrogen (secondary N) is 2. The lowest BCUT2D eigenvalue weighted by atomic mass is 10.4. The van der Waals surface area contributed by atoms with Crippen molar-refractivity contribution in [2.45, 2.75) is 20.0 Å². The van der Waals surface area contributed by atoms with E-state index in [0.717, 1.165) is 12.2 Å². The van der Waals surface area contributed by atoms with E-state index in [1.165, 1.54) is 7.05 Å². The molecule has 1 aromatic rings. The smallest absolute Gasteiger partial charge is 0.212 e. The molecular weight excluding hydrogens is 228 g/mol. The minimum absolute atomic E-state index is 0.0871. The number of aryl methyl sites for hydroxylation is 1. The number of nitrogens with zero attached hydrogens (tertiary/aromatic N) is 2. The summed E-state index contributed by atoms with van der Waals surface area (Å²) in [6, 6.07) is 1.92. The largest absolute Gasteiger partial charge is 0.310 e. The topological polar surface area (TPSA) is 76.0 Å². The Morgan fingerprint density at radius 2 is 2.25 bits per heavy atom. The highest BCUT2D eigenvalue weighted by atomic mass is 32.2. The molecule has 0 aliphatic rings. The third-order valence-electron chi connectivity index (χ3n) is 2.27. The van der Waals surface area contributed by atoms with Crippen LogP contribution in [0.15, 0.2) is 12.3 Å². The molecular formula is C9H18N4O2S. The molecule has 16 heavy (non-hydrogen) atoms. The van der Waals surface area contributed by atoms with E-state index in [4.69, 9.17) is 0 Å². The van der Waals surface area contributed by atoms with Gasteiger partial charge < -0.3 is 5.32 Å². The van der Waals surface area contributed by atoms with Crippen molar-refractivity contribution in [1.29, 1.82) is 0 Å². The summed E-state index contributed by atoms with van der Waals surface area (Å²) >= 11 is 0. The van der Waals surface area contributed by atoms with Crippen molar-refractivity contribution in [2.24, 2.45) is 0 Å². The second-order valence-corrected chi connectivity index (χ2v) is 5.38. The highest BCUT2D eigenvalue weighted by molar-refractivity contribution is 7.89. The summed E-state index contributed by atoms with van der Waals surface area (Å²) < 4.78 is 26.4. The second kappa shape index (κ2) is 5.97. The lowest BCUT2D eigenvalue weighted by molar-refractivity contribution is 0.572. The summed E-state index contributed by atoms with van der Waals surface area (Å²) in [5.41, 5.74) is 1.06. The first-order chi connectivity index (χ1) is 7.59. The molecule has 0 fully saturated rings. The fraction of sp³-hybridized carbons (Fsp3) is 0.667. The van der Waals surface area contributed by atoms with Crippen LogP contribution < -0.4 is 10.0 Å². The predicted octanol–water partition coefficient (Wildman–Crippen LogP) is -0.458. The molecule has 0 atom stereocenters. The normalized spacial score (nSPS) is 11.9. The van der Waals surface area contributed by atoms with Gasteiger partial charge in [0.1, 0.15) is 0 Å². The minimum atomic E-state index is -3.11. The molecule has 0 spiro atoms. The van der Waals surface area contributed by atoms with Crippen molar-refractivity contribution in [1.82, 2.24) is 19.8 Å². The van der Waals surface area contributed by atoms with Crippen LogP contribution >= 0.6 is 0 Å². The Balaban J connectivity index is 2.31. The van der Waals surface area contributed by atoms with E-state index in [9.17, 15) is 8.42 Å².